The van der Waals surface area contributed by atoms with Crippen molar-refractivity contribution in [2.24, 2.45) is 0 Å². The topological polar surface area (TPSA) is 101 Å². The molecule has 2 amide bonds. The molecule has 0 aliphatic carbocycles. The van der Waals surface area contributed by atoms with Crippen LogP contribution in [0.2, 0.25) is 0 Å². The predicted octanol–water partition coefficient (Wildman–Crippen LogP) is 2.31. The summed E-state index contributed by atoms with van der Waals surface area (Å²) in [4.78, 5) is 36.9. The Hall–Kier alpha value is -3.06. The molecule has 24 heavy (non-hydrogen) atoms. The highest BCUT2D eigenvalue weighted by Crippen LogP contribution is 2.36. The zero-order chi connectivity index (χ0) is 17.3. The van der Waals surface area contributed by atoms with E-state index in [4.69, 9.17) is 0 Å². The molecule has 3 rings (SSSR count). The Morgan fingerprint density at radius 1 is 1.04 bits per heavy atom. The molecular weight excluding hydrogens is 312 g/mol. The second kappa shape index (κ2) is 6.21. The summed E-state index contributed by atoms with van der Waals surface area (Å²) in [6.07, 6.45) is 0.156. The molecule has 0 radical (unpaired) electrons. The average molecular weight is 326 g/mol. The van der Waals surface area contributed by atoms with Crippen molar-refractivity contribution in [3.8, 4) is 0 Å². The third kappa shape index (κ3) is 2.44. The molecular formula is C17H14N2O5. The van der Waals surface area contributed by atoms with Gasteiger partial charge < -0.3 is 5.11 Å². The van der Waals surface area contributed by atoms with E-state index in [2.05, 4.69) is 0 Å². The van der Waals surface area contributed by atoms with Gasteiger partial charge in [0.1, 0.15) is 5.56 Å². The maximum Gasteiger partial charge on any atom is 0.282 e. The monoisotopic (exact) mass is 326 g/mol. The predicted molar refractivity (Wildman–Crippen MR) is 84.5 cm³/mol. The van der Waals surface area contributed by atoms with E-state index in [1.165, 1.54) is 18.2 Å². The fourth-order valence-corrected chi connectivity index (χ4v) is 2.96. The van der Waals surface area contributed by atoms with Gasteiger partial charge in [-0.05, 0) is 18.1 Å². The van der Waals surface area contributed by atoms with Gasteiger partial charge in [0.2, 0.25) is 0 Å². The van der Waals surface area contributed by atoms with E-state index in [9.17, 15) is 24.8 Å². The number of carbonyl (C=O) groups excluding carboxylic acids is 2. The smallest absolute Gasteiger partial charge is 0.282 e. The van der Waals surface area contributed by atoms with Crippen molar-refractivity contribution in [1.82, 2.24) is 4.90 Å². The summed E-state index contributed by atoms with van der Waals surface area (Å²) >= 11 is 0. The molecule has 2 aromatic rings. The number of hydrogen-bond donors (Lipinski definition) is 1. The van der Waals surface area contributed by atoms with Crippen LogP contribution < -0.4 is 0 Å². The third-order valence-electron chi connectivity index (χ3n) is 4.02. The molecule has 0 bridgehead atoms. The Labute approximate surface area is 137 Å². The maximum atomic E-state index is 12.7. The molecule has 1 aliphatic rings. The zero-order valence-electron chi connectivity index (χ0n) is 12.6. The lowest BCUT2D eigenvalue weighted by atomic mass is 10.0. The summed E-state index contributed by atoms with van der Waals surface area (Å²) in [6, 6.07) is 12.1. The number of rotatable bonds is 5. The molecule has 7 nitrogen and oxygen atoms in total. The second-order valence-corrected chi connectivity index (χ2v) is 5.38. The van der Waals surface area contributed by atoms with Crippen LogP contribution in [0, 0.1) is 10.1 Å². The second-order valence-electron chi connectivity index (χ2n) is 5.38. The van der Waals surface area contributed by atoms with Crippen LogP contribution in [-0.4, -0.2) is 33.4 Å². The van der Waals surface area contributed by atoms with Crippen molar-refractivity contribution in [1.29, 1.82) is 0 Å². The normalized spacial score (nSPS) is 14.6. The summed E-state index contributed by atoms with van der Waals surface area (Å²) in [6.45, 7) is -0.227. The largest absolute Gasteiger partial charge is 0.396 e. The van der Waals surface area contributed by atoms with Crippen molar-refractivity contribution in [2.45, 2.75) is 12.5 Å². The first-order chi connectivity index (χ1) is 11.6. The number of nitro groups is 1. The molecule has 0 spiro atoms. The van der Waals surface area contributed by atoms with Crippen molar-refractivity contribution in [3.63, 3.8) is 0 Å². The molecule has 1 atom stereocenters. The van der Waals surface area contributed by atoms with Crippen LogP contribution >= 0.6 is 0 Å². The number of aliphatic hydroxyl groups is 1. The Balaban J connectivity index is 2.09. The fourth-order valence-electron chi connectivity index (χ4n) is 2.96. The Morgan fingerprint density at radius 2 is 1.75 bits per heavy atom. The van der Waals surface area contributed by atoms with E-state index in [0.717, 1.165) is 4.90 Å². The van der Waals surface area contributed by atoms with Crippen LogP contribution in [0.5, 0.6) is 0 Å². The number of hydrogen-bond acceptors (Lipinski definition) is 5. The molecule has 2 aromatic carbocycles. The first-order valence-corrected chi connectivity index (χ1v) is 7.37. The molecule has 122 valence electrons. The number of amides is 2. The van der Waals surface area contributed by atoms with Crippen molar-refractivity contribution in [2.75, 3.05) is 6.61 Å². The molecule has 1 heterocycles. The highest BCUT2D eigenvalue weighted by atomic mass is 16.6. The van der Waals surface area contributed by atoms with E-state index in [1.54, 1.807) is 30.3 Å². The summed E-state index contributed by atoms with van der Waals surface area (Å²) in [5.74, 6) is -1.29. The molecule has 0 saturated heterocycles. The number of nitrogens with zero attached hydrogens (tertiary/aromatic N) is 2. The van der Waals surface area contributed by atoms with Gasteiger partial charge in [0.15, 0.2) is 0 Å². The van der Waals surface area contributed by atoms with Gasteiger partial charge in [-0.1, -0.05) is 36.4 Å². The van der Waals surface area contributed by atoms with E-state index >= 15 is 0 Å². The van der Waals surface area contributed by atoms with E-state index in [0.29, 0.717) is 5.56 Å². The number of nitro benzene ring substituents is 1. The molecule has 0 saturated carbocycles. The molecule has 0 fully saturated rings. The van der Waals surface area contributed by atoms with Crippen LogP contribution in [0.3, 0.4) is 0 Å². The van der Waals surface area contributed by atoms with E-state index in [-0.39, 0.29) is 29.8 Å². The zero-order valence-corrected chi connectivity index (χ0v) is 12.6. The lowest BCUT2D eigenvalue weighted by molar-refractivity contribution is -0.385. The summed E-state index contributed by atoms with van der Waals surface area (Å²) in [5.41, 5.74) is 0.132. The van der Waals surface area contributed by atoms with Gasteiger partial charge >= 0.3 is 0 Å². The summed E-state index contributed by atoms with van der Waals surface area (Å²) < 4.78 is 0. The van der Waals surface area contributed by atoms with Gasteiger partial charge in [-0.2, -0.15) is 0 Å². The van der Waals surface area contributed by atoms with Crippen LogP contribution in [0.1, 0.15) is 38.7 Å². The van der Waals surface area contributed by atoms with Crippen molar-refractivity contribution >= 4 is 17.5 Å². The average Bonchev–Trinajstić information content (AvgIpc) is 2.85. The highest BCUT2D eigenvalue weighted by molar-refractivity contribution is 6.23. The van der Waals surface area contributed by atoms with Gasteiger partial charge in [0.25, 0.3) is 17.5 Å². The molecule has 7 heteroatoms. The van der Waals surface area contributed by atoms with Crippen molar-refractivity contribution in [3.05, 3.63) is 75.3 Å². The quantitative estimate of drug-likeness (QED) is 0.516. The molecule has 1 aliphatic heterocycles. The Kier molecular flexibility index (Phi) is 4.09. The van der Waals surface area contributed by atoms with Crippen LogP contribution in [0.15, 0.2) is 48.5 Å². The van der Waals surface area contributed by atoms with Gasteiger partial charge in [-0.25, -0.2) is 0 Å². The minimum atomic E-state index is -0.704. The lowest BCUT2D eigenvalue weighted by Gasteiger charge is -2.26. The standard InChI is InChI=1S/C17H14N2O5/c20-10-9-13(11-5-2-1-3-6-11)18-16(21)12-7-4-8-14(19(23)24)15(12)17(18)22/h1-8,13,20H,9-10H2. The SMILES string of the molecule is O=C1c2cccc([N+](=O)[O-])c2C(=O)N1C(CCO)c1ccccc1. The third-order valence-corrected chi connectivity index (χ3v) is 4.02. The van der Waals surface area contributed by atoms with Crippen LogP contribution in [0.4, 0.5) is 5.69 Å². The Morgan fingerprint density at radius 3 is 2.38 bits per heavy atom. The fraction of sp³-hybridized carbons (Fsp3) is 0.176. The Bertz CT molecular complexity index is 819. The van der Waals surface area contributed by atoms with E-state index in [1.807, 2.05) is 0 Å². The lowest BCUT2D eigenvalue weighted by Crippen LogP contribution is -2.34. The number of carbonyl (C=O) groups is 2. The van der Waals surface area contributed by atoms with Gasteiger partial charge in [0, 0.05) is 12.7 Å². The summed E-state index contributed by atoms with van der Waals surface area (Å²) in [5, 5.41) is 20.5. The minimum absolute atomic E-state index is 0.0214. The van der Waals surface area contributed by atoms with Crippen molar-refractivity contribution < 1.29 is 19.6 Å². The molecule has 0 aromatic heterocycles. The number of aliphatic hydroxyl groups excluding tert-OH is 1. The minimum Gasteiger partial charge on any atom is -0.396 e. The first kappa shape index (κ1) is 15.8. The molecule has 1 N–H and O–H groups in total. The number of benzene rings is 2. The highest BCUT2D eigenvalue weighted by Gasteiger charge is 2.44. The molecule has 1 unspecified atom stereocenters. The summed E-state index contributed by atoms with van der Waals surface area (Å²) in [7, 11) is 0. The van der Waals surface area contributed by atoms with Gasteiger partial charge in [0.05, 0.1) is 16.5 Å². The van der Waals surface area contributed by atoms with Crippen LogP contribution in [0.25, 0.3) is 0 Å². The first-order valence-electron chi connectivity index (χ1n) is 7.37. The maximum absolute atomic E-state index is 12.7. The van der Waals surface area contributed by atoms with Crippen LogP contribution in [-0.2, 0) is 0 Å². The van der Waals surface area contributed by atoms with E-state index < -0.39 is 22.8 Å². The number of fused-ring (bicyclic) bond motifs is 1. The van der Waals surface area contributed by atoms with Gasteiger partial charge in [-0.3, -0.25) is 24.6 Å². The number of imide groups is 1. The van der Waals surface area contributed by atoms with Gasteiger partial charge in [-0.15, -0.1) is 0 Å².